The van der Waals surface area contributed by atoms with Gasteiger partial charge < -0.3 is 14.6 Å². The highest BCUT2D eigenvalue weighted by molar-refractivity contribution is 14.1. The highest BCUT2D eigenvalue weighted by Crippen LogP contribution is 2.29. The minimum Gasteiger partial charge on any atom is -0.493 e. The van der Waals surface area contributed by atoms with Gasteiger partial charge in [0.15, 0.2) is 11.5 Å². The van der Waals surface area contributed by atoms with E-state index in [0.717, 1.165) is 14.7 Å². The Bertz CT molecular complexity index is 584. The lowest BCUT2D eigenvalue weighted by Crippen LogP contribution is -2.02. The molecule has 0 heterocycles. The van der Waals surface area contributed by atoms with Gasteiger partial charge in [0.2, 0.25) is 0 Å². The zero-order valence-corrected chi connectivity index (χ0v) is 13.6. The van der Waals surface area contributed by atoms with Gasteiger partial charge in [0.25, 0.3) is 0 Å². The molecule has 2 rings (SSSR count). The van der Waals surface area contributed by atoms with Crippen LogP contribution in [0.4, 0.5) is 0 Å². The van der Waals surface area contributed by atoms with Gasteiger partial charge in [-0.2, -0.15) is 0 Å². The number of methoxy groups -OCH3 is 2. The van der Waals surface area contributed by atoms with E-state index in [4.69, 9.17) is 9.47 Å². The minimum atomic E-state index is -0.525. The van der Waals surface area contributed by atoms with Gasteiger partial charge in [-0.05, 0) is 58.0 Å². The summed E-state index contributed by atoms with van der Waals surface area (Å²) in [4.78, 5) is 0. The zero-order chi connectivity index (χ0) is 14.5. The first-order chi connectivity index (χ1) is 9.63. The molecule has 0 aliphatic rings. The van der Waals surface area contributed by atoms with Crippen molar-refractivity contribution >= 4 is 22.6 Å². The first-order valence-corrected chi connectivity index (χ1v) is 7.36. The summed E-state index contributed by atoms with van der Waals surface area (Å²) >= 11 is 2.24. The number of aliphatic hydroxyl groups is 1. The Balaban J connectivity index is 2.17. The van der Waals surface area contributed by atoms with E-state index in [1.165, 1.54) is 0 Å². The molecule has 0 aromatic heterocycles. The summed E-state index contributed by atoms with van der Waals surface area (Å²) in [5.41, 5.74) is 1.93. The number of aliphatic hydroxyl groups excluding tert-OH is 1. The fraction of sp³-hybridized carbons (Fsp3) is 0.250. The molecule has 3 nitrogen and oxygen atoms in total. The average molecular weight is 384 g/mol. The monoisotopic (exact) mass is 384 g/mol. The smallest absolute Gasteiger partial charge is 0.160 e. The number of benzene rings is 2. The van der Waals surface area contributed by atoms with Gasteiger partial charge in [-0.3, -0.25) is 0 Å². The lowest BCUT2D eigenvalue weighted by molar-refractivity contribution is 0.178. The first kappa shape index (κ1) is 15.1. The number of ether oxygens (including phenoxy) is 2. The minimum absolute atomic E-state index is 0.525. The van der Waals surface area contributed by atoms with Gasteiger partial charge in [-0.15, -0.1) is 0 Å². The highest BCUT2D eigenvalue weighted by atomic mass is 127. The lowest BCUT2D eigenvalue weighted by Gasteiger charge is -2.13. The van der Waals surface area contributed by atoms with Crippen LogP contribution in [0.3, 0.4) is 0 Å². The third-order valence-electron chi connectivity index (χ3n) is 3.11. The Morgan fingerprint density at radius 2 is 1.80 bits per heavy atom. The SMILES string of the molecule is COc1ccc(CC(O)c2cccc(I)c2)cc1OC. The average Bonchev–Trinajstić information content (AvgIpc) is 2.47. The van der Waals surface area contributed by atoms with Crippen LogP contribution in [0.15, 0.2) is 42.5 Å². The molecule has 0 aliphatic carbocycles. The van der Waals surface area contributed by atoms with Crippen molar-refractivity contribution in [3.05, 3.63) is 57.2 Å². The molecule has 106 valence electrons. The van der Waals surface area contributed by atoms with Crippen LogP contribution in [0, 0.1) is 3.57 Å². The Morgan fingerprint density at radius 1 is 1.05 bits per heavy atom. The molecule has 0 radical (unpaired) electrons. The molecule has 0 aliphatic heterocycles. The van der Waals surface area contributed by atoms with Crippen molar-refractivity contribution in [3.63, 3.8) is 0 Å². The van der Waals surface area contributed by atoms with Crippen molar-refractivity contribution in [2.45, 2.75) is 12.5 Å². The molecular weight excluding hydrogens is 367 g/mol. The summed E-state index contributed by atoms with van der Waals surface area (Å²) in [7, 11) is 3.22. The number of hydrogen-bond acceptors (Lipinski definition) is 3. The molecule has 20 heavy (non-hydrogen) atoms. The predicted octanol–water partition coefficient (Wildman–Crippen LogP) is 3.58. The molecule has 0 amide bonds. The fourth-order valence-corrected chi connectivity index (χ4v) is 2.63. The summed E-state index contributed by atoms with van der Waals surface area (Å²) in [6.07, 6.45) is 0.0169. The molecule has 4 heteroatoms. The second-order valence-corrected chi connectivity index (χ2v) is 5.71. The maximum Gasteiger partial charge on any atom is 0.160 e. The Kier molecular flexibility index (Phi) is 5.25. The molecule has 0 saturated carbocycles. The largest absolute Gasteiger partial charge is 0.493 e. The Labute approximate surface area is 132 Å². The van der Waals surface area contributed by atoms with Crippen molar-refractivity contribution in [3.8, 4) is 11.5 Å². The summed E-state index contributed by atoms with van der Waals surface area (Å²) < 4.78 is 11.6. The lowest BCUT2D eigenvalue weighted by atomic mass is 10.0. The molecule has 0 saturated heterocycles. The summed E-state index contributed by atoms with van der Waals surface area (Å²) in [5, 5.41) is 10.3. The Morgan fingerprint density at radius 3 is 2.45 bits per heavy atom. The van der Waals surface area contributed by atoms with E-state index in [2.05, 4.69) is 22.6 Å². The maximum atomic E-state index is 10.3. The normalized spacial score (nSPS) is 12.0. The highest BCUT2D eigenvalue weighted by Gasteiger charge is 2.11. The van der Waals surface area contributed by atoms with Gasteiger partial charge in [0.05, 0.1) is 20.3 Å². The molecule has 1 atom stereocenters. The Hall–Kier alpha value is -1.27. The van der Waals surface area contributed by atoms with Gasteiger partial charge in [-0.25, -0.2) is 0 Å². The fourth-order valence-electron chi connectivity index (χ4n) is 2.06. The van der Waals surface area contributed by atoms with Crippen molar-refractivity contribution in [2.75, 3.05) is 14.2 Å². The van der Waals surface area contributed by atoms with Crippen molar-refractivity contribution in [2.24, 2.45) is 0 Å². The van der Waals surface area contributed by atoms with Crippen LogP contribution in [0.1, 0.15) is 17.2 Å². The van der Waals surface area contributed by atoms with Crippen LogP contribution in [-0.2, 0) is 6.42 Å². The van der Waals surface area contributed by atoms with Crippen LogP contribution in [0.25, 0.3) is 0 Å². The number of hydrogen-bond donors (Lipinski definition) is 1. The molecule has 0 spiro atoms. The van der Waals surface area contributed by atoms with Crippen LogP contribution in [-0.4, -0.2) is 19.3 Å². The van der Waals surface area contributed by atoms with E-state index in [-0.39, 0.29) is 0 Å². The van der Waals surface area contributed by atoms with Crippen molar-refractivity contribution in [1.29, 1.82) is 0 Å². The van der Waals surface area contributed by atoms with E-state index >= 15 is 0 Å². The molecular formula is C16H17IO3. The van der Waals surface area contributed by atoms with Crippen molar-refractivity contribution in [1.82, 2.24) is 0 Å². The quantitative estimate of drug-likeness (QED) is 0.801. The van der Waals surface area contributed by atoms with E-state index in [1.807, 2.05) is 42.5 Å². The van der Waals surface area contributed by atoms with E-state index < -0.39 is 6.10 Å². The molecule has 0 bridgehead atoms. The molecule has 2 aromatic carbocycles. The van der Waals surface area contributed by atoms with Gasteiger partial charge in [0, 0.05) is 9.99 Å². The zero-order valence-electron chi connectivity index (χ0n) is 11.5. The summed E-state index contributed by atoms with van der Waals surface area (Å²) in [6.45, 7) is 0. The number of rotatable bonds is 5. The predicted molar refractivity (Wildman–Crippen MR) is 87.4 cm³/mol. The summed E-state index contributed by atoms with van der Waals surface area (Å²) in [6, 6.07) is 13.6. The van der Waals surface area contributed by atoms with Crippen LogP contribution in [0.5, 0.6) is 11.5 Å². The molecule has 1 N–H and O–H groups in total. The van der Waals surface area contributed by atoms with Gasteiger partial charge in [-0.1, -0.05) is 18.2 Å². The molecule has 1 unspecified atom stereocenters. The second kappa shape index (κ2) is 6.95. The third-order valence-corrected chi connectivity index (χ3v) is 3.78. The molecule has 2 aromatic rings. The van der Waals surface area contributed by atoms with E-state index in [9.17, 15) is 5.11 Å². The van der Waals surface area contributed by atoms with E-state index in [0.29, 0.717) is 17.9 Å². The van der Waals surface area contributed by atoms with Crippen LogP contribution in [0.2, 0.25) is 0 Å². The van der Waals surface area contributed by atoms with Gasteiger partial charge >= 0.3 is 0 Å². The van der Waals surface area contributed by atoms with E-state index in [1.54, 1.807) is 14.2 Å². The molecule has 0 fully saturated rings. The topological polar surface area (TPSA) is 38.7 Å². The maximum absolute atomic E-state index is 10.3. The van der Waals surface area contributed by atoms with Crippen LogP contribution >= 0.6 is 22.6 Å². The van der Waals surface area contributed by atoms with Gasteiger partial charge in [0.1, 0.15) is 0 Å². The summed E-state index contributed by atoms with van der Waals surface area (Å²) in [5.74, 6) is 1.37. The van der Waals surface area contributed by atoms with Crippen molar-refractivity contribution < 1.29 is 14.6 Å². The van der Waals surface area contributed by atoms with Crippen LogP contribution < -0.4 is 9.47 Å². The number of halogens is 1. The standard InChI is InChI=1S/C16H17IO3/c1-19-15-7-6-11(9-16(15)20-2)8-14(18)12-4-3-5-13(17)10-12/h3-7,9-10,14,18H,8H2,1-2H3. The second-order valence-electron chi connectivity index (χ2n) is 4.46. The third kappa shape index (κ3) is 3.64. The first-order valence-electron chi connectivity index (χ1n) is 6.28.